The van der Waals surface area contributed by atoms with Crippen molar-refractivity contribution in [3.8, 4) is 0 Å². The fourth-order valence-corrected chi connectivity index (χ4v) is 3.20. The van der Waals surface area contributed by atoms with Crippen molar-refractivity contribution in [2.75, 3.05) is 7.05 Å². The zero-order chi connectivity index (χ0) is 13.3. The van der Waals surface area contributed by atoms with Gasteiger partial charge in [0.1, 0.15) is 10.8 Å². The lowest BCUT2D eigenvalue weighted by Gasteiger charge is -2.15. The third-order valence-electron chi connectivity index (χ3n) is 2.85. The Morgan fingerprint density at radius 3 is 2.67 bits per heavy atom. The summed E-state index contributed by atoms with van der Waals surface area (Å²) in [5, 5.41) is 4.02. The summed E-state index contributed by atoms with van der Waals surface area (Å²) < 4.78 is 14.8. The van der Waals surface area contributed by atoms with Crippen LogP contribution in [-0.2, 0) is 0 Å². The van der Waals surface area contributed by atoms with Gasteiger partial charge in [0.15, 0.2) is 0 Å². The van der Waals surface area contributed by atoms with Crippen LogP contribution < -0.4 is 5.32 Å². The molecule has 1 unspecified atom stereocenters. The first-order valence-corrected chi connectivity index (χ1v) is 7.20. The number of benzene rings is 1. The van der Waals surface area contributed by atoms with Gasteiger partial charge in [0.05, 0.1) is 11.7 Å². The van der Waals surface area contributed by atoms with Crippen molar-refractivity contribution in [1.82, 2.24) is 10.3 Å². The Morgan fingerprint density at radius 2 is 2.11 bits per heavy atom. The average molecular weight is 329 g/mol. The van der Waals surface area contributed by atoms with Gasteiger partial charge in [0, 0.05) is 14.9 Å². The molecular formula is C13H14BrFN2S. The Balaban J connectivity index is 2.48. The molecular weight excluding hydrogens is 315 g/mol. The predicted molar refractivity (Wildman–Crippen MR) is 76.6 cm³/mol. The van der Waals surface area contributed by atoms with Gasteiger partial charge in [-0.15, -0.1) is 11.3 Å². The molecule has 1 N–H and O–H groups in total. The van der Waals surface area contributed by atoms with Gasteiger partial charge >= 0.3 is 0 Å². The largest absolute Gasteiger partial charge is 0.307 e. The van der Waals surface area contributed by atoms with Crippen LogP contribution in [0.4, 0.5) is 4.39 Å². The molecule has 0 saturated carbocycles. The number of hydrogen-bond donors (Lipinski definition) is 1. The fraction of sp³-hybridized carbons (Fsp3) is 0.308. The summed E-state index contributed by atoms with van der Waals surface area (Å²) in [5.74, 6) is -0.219. The molecule has 0 saturated heterocycles. The second-order valence-corrected chi connectivity index (χ2v) is 6.23. The van der Waals surface area contributed by atoms with E-state index >= 15 is 0 Å². The van der Waals surface area contributed by atoms with Crippen molar-refractivity contribution in [2.24, 2.45) is 0 Å². The smallest absolute Gasteiger partial charge is 0.128 e. The van der Waals surface area contributed by atoms with Gasteiger partial charge in [-0.1, -0.05) is 15.9 Å². The van der Waals surface area contributed by atoms with Gasteiger partial charge in [0.25, 0.3) is 0 Å². The maximum atomic E-state index is 13.9. The summed E-state index contributed by atoms with van der Waals surface area (Å²) in [4.78, 5) is 5.67. The van der Waals surface area contributed by atoms with Gasteiger partial charge in [0.2, 0.25) is 0 Å². The van der Waals surface area contributed by atoms with Crippen molar-refractivity contribution in [3.05, 3.63) is 49.6 Å². The van der Waals surface area contributed by atoms with E-state index in [1.807, 2.05) is 20.9 Å². The minimum atomic E-state index is -0.219. The van der Waals surface area contributed by atoms with Crippen LogP contribution in [0.25, 0.3) is 0 Å². The highest BCUT2D eigenvalue weighted by Crippen LogP contribution is 2.30. The van der Waals surface area contributed by atoms with Crippen molar-refractivity contribution in [3.63, 3.8) is 0 Å². The van der Waals surface area contributed by atoms with E-state index in [2.05, 4.69) is 26.2 Å². The number of aromatic nitrogens is 1. The van der Waals surface area contributed by atoms with Crippen LogP contribution in [0.15, 0.2) is 22.7 Å². The lowest BCUT2D eigenvalue weighted by Crippen LogP contribution is -2.18. The third-order valence-corrected chi connectivity index (χ3v) is 4.48. The summed E-state index contributed by atoms with van der Waals surface area (Å²) in [5.41, 5.74) is 1.62. The molecule has 0 radical (unpaired) electrons. The highest BCUT2D eigenvalue weighted by atomic mass is 79.9. The van der Waals surface area contributed by atoms with E-state index in [1.165, 1.54) is 10.9 Å². The second kappa shape index (κ2) is 5.47. The minimum Gasteiger partial charge on any atom is -0.307 e. The molecule has 96 valence electrons. The summed E-state index contributed by atoms with van der Waals surface area (Å²) in [6.45, 7) is 4.00. The van der Waals surface area contributed by atoms with Crippen molar-refractivity contribution >= 4 is 27.3 Å². The zero-order valence-electron chi connectivity index (χ0n) is 10.4. The predicted octanol–water partition coefficient (Wildman–Crippen LogP) is 3.97. The maximum Gasteiger partial charge on any atom is 0.128 e. The number of aryl methyl sites for hydroxylation is 2. The molecule has 1 aromatic carbocycles. The van der Waals surface area contributed by atoms with Crippen LogP contribution >= 0.6 is 27.3 Å². The van der Waals surface area contributed by atoms with Crippen molar-refractivity contribution in [2.45, 2.75) is 19.9 Å². The first-order chi connectivity index (χ1) is 8.52. The number of halogens is 2. The Bertz CT molecular complexity index is 549. The molecule has 0 aliphatic heterocycles. The van der Waals surface area contributed by atoms with Gasteiger partial charge in [-0.05, 0) is 39.1 Å². The van der Waals surface area contributed by atoms with Crippen molar-refractivity contribution < 1.29 is 4.39 Å². The van der Waals surface area contributed by atoms with E-state index in [1.54, 1.807) is 23.5 Å². The molecule has 18 heavy (non-hydrogen) atoms. The second-order valence-electron chi connectivity index (χ2n) is 4.08. The number of nitrogens with one attached hydrogen (secondary N) is 1. The van der Waals surface area contributed by atoms with Crippen LogP contribution in [0.3, 0.4) is 0 Å². The van der Waals surface area contributed by atoms with Crippen LogP contribution in [0.5, 0.6) is 0 Å². The molecule has 1 aromatic heterocycles. The van der Waals surface area contributed by atoms with Crippen LogP contribution in [0.1, 0.15) is 27.2 Å². The minimum absolute atomic E-state index is 0.208. The monoisotopic (exact) mass is 328 g/mol. The summed E-state index contributed by atoms with van der Waals surface area (Å²) in [6, 6.07) is 4.75. The first kappa shape index (κ1) is 13.6. The molecule has 0 fully saturated rings. The molecule has 2 nitrogen and oxygen atoms in total. The van der Waals surface area contributed by atoms with Crippen LogP contribution in [0, 0.1) is 19.7 Å². The molecule has 0 aliphatic rings. The molecule has 5 heteroatoms. The molecule has 2 aromatic rings. The third kappa shape index (κ3) is 2.63. The Labute approximate surface area is 118 Å². The maximum absolute atomic E-state index is 13.9. The van der Waals surface area contributed by atoms with E-state index in [4.69, 9.17) is 0 Å². The average Bonchev–Trinajstić information content (AvgIpc) is 2.65. The van der Waals surface area contributed by atoms with Crippen LogP contribution in [-0.4, -0.2) is 12.0 Å². The Morgan fingerprint density at radius 1 is 1.39 bits per heavy atom. The van der Waals surface area contributed by atoms with Gasteiger partial charge in [-0.25, -0.2) is 9.37 Å². The zero-order valence-corrected chi connectivity index (χ0v) is 12.8. The van der Waals surface area contributed by atoms with E-state index in [9.17, 15) is 4.39 Å². The highest BCUT2D eigenvalue weighted by molar-refractivity contribution is 9.10. The number of rotatable bonds is 3. The molecule has 0 amide bonds. The number of thiazole rings is 1. The number of hydrogen-bond acceptors (Lipinski definition) is 3. The van der Waals surface area contributed by atoms with E-state index < -0.39 is 0 Å². The van der Waals surface area contributed by atoms with E-state index in [-0.39, 0.29) is 11.9 Å². The van der Waals surface area contributed by atoms with Gasteiger partial charge in [-0.3, -0.25) is 0 Å². The highest BCUT2D eigenvalue weighted by Gasteiger charge is 2.20. The molecule has 0 spiro atoms. The SMILES string of the molecule is CNC(c1nc(C)c(C)s1)c1cc(Br)ccc1F. The fourth-order valence-electron chi connectivity index (χ4n) is 1.77. The Kier molecular flexibility index (Phi) is 4.14. The molecule has 1 atom stereocenters. The van der Waals surface area contributed by atoms with Crippen molar-refractivity contribution in [1.29, 1.82) is 0 Å². The van der Waals surface area contributed by atoms with Gasteiger partial charge < -0.3 is 5.32 Å². The first-order valence-electron chi connectivity index (χ1n) is 5.59. The topological polar surface area (TPSA) is 24.9 Å². The standard InChI is InChI=1S/C13H14BrFN2S/c1-7-8(2)18-13(17-7)12(16-3)10-6-9(14)4-5-11(10)15/h4-6,12,16H,1-3H3. The summed E-state index contributed by atoms with van der Waals surface area (Å²) in [7, 11) is 1.82. The van der Waals surface area contributed by atoms with Crippen LogP contribution in [0.2, 0.25) is 0 Å². The lowest BCUT2D eigenvalue weighted by molar-refractivity contribution is 0.574. The molecule has 0 aliphatic carbocycles. The quantitative estimate of drug-likeness (QED) is 0.922. The lowest BCUT2D eigenvalue weighted by atomic mass is 10.1. The summed E-state index contributed by atoms with van der Waals surface area (Å²) >= 11 is 4.98. The molecule has 1 heterocycles. The molecule has 2 rings (SSSR count). The van der Waals surface area contributed by atoms with E-state index in [0.717, 1.165) is 15.2 Å². The molecule has 0 bridgehead atoms. The summed E-state index contributed by atoms with van der Waals surface area (Å²) in [6.07, 6.45) is 0. The normalized spacial score (nSPS) is 12.7. The number of nitrogens with zero attached hydrogens (tertiary/aromatic N) is 1. The Hall–Kier alpha value is -0.780. The van der Waals surface area contributed by atoms with Gasteiger partial charge in [-0.2, -0.15) is 0 Å². The van der Waals surface area contributed by atoms with E-state index in [0.29, 0.717) is 5.56 Å².